The van der Waals surface area contributed by atoms with E-state index in [1.807, 2.05) is 16.8 Å². The monoisotopic (exact) mass is 262 g/mol. The fourth-order valence-corrected chi connectivity index (χ4v) is 2.22. The van der Waals surface area contributed by atoms with Crippen LogP contribution in [0, 0.1) is 0 Å². The van der Waals surface area contributed by atoms with Crippen molar-refractivity contribution >= 4 is 11.6 Å². The summed E-state index contributed by atoms with van der Waals surface area (Å²) in [4.78, 5) is 8.93. The molecular weight excluding hydrogens is 248 g/mol. The Morgan fingerprint density at radius 3 is 2.94 bits per heavy atom. The van der Waals surface area contributed by atoms with Crippen LogP contribution in [0.1, 0.15) is 37.9 Å². The van der Waals surface area contributed by atoms with Gasteiger partial charge in [-0.3, -0.25) is 4.68 Å². The maximum atomic E-state index is 6.09. The zero-order valence-electron chi connectivity index (χ0n) is 10.3. The van der Waals surface area contributed by atoms with Crippen LogP contribution in [-0.2, 0) is 6.54 Å². The highest BCUT2D eigenvalue weighted by Crippen LogP contribution is 2.39. The Hall–Kier alpha value is -1.42. The first-order chi connectivity index (χ1) is 8.78. The quantitative estimate of drug-likeness (QED) is 0.794. The predicted octanol–water partition coefficient (Wildman–Crippen LogP) is 3.28. The van der Waals surface area contributed by atoms with Gasteiger partial charge in [0, 0.05) is 24.7 Å². The van der Waals surface area contributed by atoms with Crippen molar-refractivity contribution in [2.45, 2.75) is 38.6 Å². The molecule has 1 aliphatic rings. The average Bonchev–Trinajstić information content (AvgIpc) is 3.10. The minimum Gasteiger partial charge on any atom is -0.263 e. The second-order valence-electron chi connectivity index (χ2n) is 4.65. The van der Waals surface area contributed by atoms with E-state index in [0.717, 1.165) is 30.2 Å². The Balaban J connectivity index is 2.01. The lowest BCUT2D eigenvalue weighted by Crippen LogP contribution is -2.03. The molecule has 1 saturated carbocycles. The van der Waals surface area contributed by atoms with Gasteiger partial charge in [0.15, 0.2) is 0 Å². The van der Waals surface area contributed by atoms with E-state index in [1.54, 1.807) is 6.20 Å². The molecule has 2 heterocycles. The van der Waals surface area contributed by atoms with Gasteiger partial charge in [0.05, 0.1) is 11.4 Å². The van der Waals surface area contributed by atoms with Crippen LogP contribution in [0.4, 0.5) is 0 Å². The normalized spacial score (nSPS) is 15.0. The average molecular weight is 263 g/mol. The smallest absolute Gasteiger partial charge is 0.133 e. The Kier molecular flexibility index (Phi) is 3.04. The minimum atomic E-state index is 0.505. The lowest BCUT2D eigenvalue weighted by Gasteiger charge is -2.07. The predicted molar refractivity (Wildman–Crippen MR) is 70.5 cm³/mol. The van der Waals surface area contributed by atoms with Crippen molar-refractivity contribution in [3.8, 4) is 11.4 Å². The number of hydrogen-bond acceptors (Lipinski definition) is 3. The van der Waals surface area contributed by atoms with Gasteiger partial charge in [0.1, 0.15) is 11.0 Å². The number of halogens is 1. The number of hydrogen-bond donors (Lipinski definition) is 0. The largest absolute Gasteiger partial charge is 0.263 e. The molecule has 94 valence electrons. The molecule has 2 aromatic heterocycles. The second-order valence-corrected chi connectivity index (χ2v) is 5.04. The molecule has 0 spiro atoms. The van der Waals surface area contributed by atoms with E-state index in [1.165, 1.54) is 12.8 Å². The molecule has 1 fully saturated rings. The number of rotatable bonds is 4. The Morgan fingerprint density at radius 1 is 1.39 bits per heavy atom. The first-order valence-corrected chi connectivity index (χ1v) is 6.72. The van der Waals surface area contributed by atoms with Crippen LogP contribution < -0.4 is 0 Å². The van der Waals surface area contributed by atoms with Crippen molar-refractivity contribution in [2.75, 3.05) is 0 Å². The number of nitrogens with zero attached hydrogens (tertiary/aromatic N) is 4. The molecule has 5 heteroatoms. The van der Waals surface area contributed by atoms with E-state index in [4.69, 9.17) is 11.6 Å². The van der Waals surface area contributed by atoms with E-state index in [0.29, 0.717) is 11.1 Å². The second kappa shape index (κ2) is 4.69. The van der Waals surface area contributed by atoms with Gasteiger partial charge >= 0.3 is 0 Å². The zero-order valence-corrected chi connectivity index (χ0v) is 11.1. The van der Waals surface area contributed by atoms with Crippen molar-refractivity contribution in [3.63, 3.8) is 0 Å². The van der Waals surface area contributed by atoms with E-state index < -0.39 is 0 Å². The molecule has 0 unspecified atom stereocenters. The molecule has 0 radical (unpaired) electrons. The van der Waals surface area contributed by atoms with Gasteiger partial charge in [-0.25, -0.2) is 9.97 Å². The van der Waals surface area contributed by atoms with Crippen LogP contribution in [0.25, 0.3) is 11.4 Å². The van der Waals surface area contributed by atoms with Gasteiger partial charge in [-0.1, -0.05) is 18.5 Å². The van der Waals surface area contributed by atoms with Crippen LogP contribution in [0.5, 0.6) is 0 Å². The highest BCUT2D eigenvalue weighted by molar-refractivity contribution is 6.29. The molecule has 0 amide bonds. The Labute approximate surface area is 111 Å². The molecule has 0 atom stereocenters. The molecule has 0 saturated heterocycles. The van der Waals surface area contributed by atoms with Crippen LogP contribution in [0.15, 0.2) is 18.3 Å². The lowest BCUT2D eigenvalue weighted by atomic mass is 10.2. The molecule has 2 aromatic rings. The van der Waals surface area contributed by atoms with Crippen LogP contribution >= 0.6 is 11.6 Å². The maximum Gasteiger partial charge on any atom is 0.133 e. The van der Waals surface area contributed by atoms with E-state index in [9.17, 15) is 0 Å². The molecule has 3 rings (SSSR count). The first-order valence-electron chi connectivity index (χ1n) is 6.34. The summed E-state index contributed by atoms with van der Waals surface area (Å²) in [6.45, 7) is 3.02. The van der Waals surface area contributed by atoms with Gasteiger partial charge in [-0.2, -0.15) is 5.10 Å². The Morgan fingerprint density at radius 2 is 2.22 bits per heavy atom. The van der Waals surface area contributed by atoms with Crippen LogP contribution in [-0.4, -0.2) is 19.7 Å². The third-order valence-electron chi connectivity index (χ3n) is 3.07. The highest BCUT2D eigenvalue weighted by atomic mass is 35.5. The molecule has 0 aliphatic heterocycles. The number of aromatic nitrogens is 4. The standard InChI is InChI=1S/C13H15ClN4/c1-2-7-18-11(5-6-15-18)10-8-12(14)17-13(16-10)9-3-4-9/h5-6,8-9H,2-4,7H2,1H3. The third kappa shape index (κ3) is 2.25. The lowest BCUT2D eigenvalue weighted by molar-refractivity contribution is 0.607. The summed E-state index contributed by atoms with van der Waals surface area (Å²) in [7, 11) is 0. The molecule has 0 aromatic carbocycles. The summed E-state index contributed by atoms with van der Waals surface area (Å²) < 4.78 is 1.97. The highest BCUT2D eigenvalue weighted by Gasteiger charge is 2.27. The SMILES string of the molecule is CCCn1nccc1-c1cc(Cl)nc(C2CC2)n1. The maximum absolute atomic E-state index is 6.09. The van der Waals surface area contributed by atoms with Crippen molar-refractivity contribution in [1.82, 2.24) is 19.7 Å². The summed E-state index contributed by atoms with van der Waals surface area (Å²) in [5.74, 6) is 1.38. The Bertz CT molecular complexity index is 560. The summed E-state index contributed by atoms with van der Waals surface area (Å²) in [5, 5.41) is 4.83. The van der Waals surface area contributed by atoms with Crippen LogP contribution in [0.2, 0.25) is 5.15 Å². The summed E-state index contributed by atoms with van der Waals surface area (Å²) in [6, 6.07) is 3.79. The van der Waals surface area contributed by atoms with Gasteiger partial charge in [-0.15, -0.1) is 0 Å². The summed E-state index contributed by atoms with van der Waals surface area (Å²) >= 11 is 6.09. The third-order valence-corrected chi connectivity index (χ3v) is 3.26. The molecular formula is C13H15ClN4. The van der Waals surface area contributed by atoms with E-state index in [-0.39, 0.29) is 0 Å². The fraction of sp³-hybridized carbons (Fsp3) is 0.462. The first kappa shape index (κ1) is 11.7. The van der Waals surface area contributed by atoms with Gasteiger partial charge in [0.2, 0.25) is 0 Å². The van der Waals surface area contributed by atoms with E-state index in [2.05, 4.69) is 22.0 Å². The van der Waals surface area contributed by atoms with Crippen LogP contribution in [0.3, 0.4) is 0 Å². The molecule has 4 nitrogen and oxygen atoms in total. The molecule has 18 heavy (non-hydrogen) atoms. The molecule has 1 aliphatic carbocycles. The van der Waals surface area contributed by atoms with Crippen molar-refractivity contribution in [2.24, 2.45) is 0 Å². The van der Waals surface area contributed by atoms with Gasteiger partial charge in [-0.05, 0) is 25.3 Å². The van der Waals surface area contributed by atoms with E-state index >= 15 is 0 Å². The zero-order chi connectivity index (χ0) is 12.5. The summed E-state index contributed by atoms with van der Waals surface area (Å²) in [5.41, 5.74) is 1.89. The molecule has 0 N–H and O–H groups in total. The molecule has 0 bridgehead atoms. The topological polar surface area (TPSA) is 43.6 Å². The number of aryl methyl sites for hydroxylation is 1. The van der Waals surface area contributed by atoms with Crippen molar-refractivity contribution in [3.05, 3.63) is 29.3 Å². The fourth-order valence-electron chi connectivity index (χ4n) is 2.03. The van der Waals surface area contributed by atoms with Crippen molar-refractivity contribution < 1.29 is 0 Å². The van der Waals surface area contributed by atoms with Gasteiger partial charge in [0.25, 0.3) is 0 Å². The van der Waals surface area contributed by atoms with Gasteiger partial charge < -0.3 is 0 Å². The van der Waals surface area contributed by atoms with Crippen molar-refractivity contribution in [1.29, 1.82) is 0 Å². The summed E-state index contributed by atoms with van der Waals surface area (Å²) in [6.07, 6.45) is 5.20. The minimum absolute atomic E-state index is 0.505.